The van der Waals surface area contributed by atoms with Gasteiger partial charge in [0.05, 0.1) is 5.92 Å². The summed E-state index contributed by atoms with van der Waals surface area (Å²) in [6, 6.07) is 10.0. The first-order valence-electron chi connectivity index (χ1n) is 7.30. The van der Waals surface area contributed by atoms with Gasteiger partial charge in [-0.2, -0.15) is 0 Å². The van der Waals surface area contributed by atoms with Crippen LogP contribution in [0.4, 0.5) is 0 Å². The molecule has 1 aliphatic heterocycles. The Morgan fingerprint density at radius 1 is 1.30 bits per heavy atom. The Kier molecular flexibility index (Phi) is 4.78. The smallest absolute Gasteiger partial charge is 0.227 e. The highest BCUT2D eigenvalue weighted by Crippen LogP contribution is 2.22. The van der Waals surface area contributed by atoms with E-state index in [2.05, 4.69) is 18.9 Å². The summed E-state index contributed by atoms with van der Waals surface area (Å²) in [7, 11) is 2.10. The van der Waals surface area contributed by atoms with Crippen molar-refractivity contribution in [3.05, 3.63) is 35.9 Å². The van der Waals surface area contributed by atoms with Crippen molar-refractivity contribution in [2.24, 2.45) is 11.7 Å². The van der Waals surface area contributed by atoms with Gasteiger partial charge in [-0.3, -0.25) is 4.79 Å². The molecule has 20 heavy (non-hydrogen) atoms. The van der Waals surface area contributed by atoms with Crippen LogP contribution in [0.15, 0.2) is 30.3 Å². The molecule has 0 aliphatic carbocycles. The molecular formula is C16H25N3O. The minimum Gasteiger partial charge on any atom is -0.340 e. The second-order valence-electron chi connectivity index (χ2n) is 5.84. The minimum atomic E-state index is -0.237. The molecule has 0 bridgehead atoms. The lowest BCUT2D eigenvalue weighted by atomic mass is 9.93. The highest BCUT2D eigenvalue weighted by Gasteiger charge is 2.30. The van der Waals surface area contributed by atoms with E-state index in [0.29, 0.717) is 6.04 Å². The number of rotatable bonds is 3. The summed E-state index contributed by atoms with van der Waals surface area (Å²) < 4.78 is 0. The second kappa shape index (κ2) is 6.37. The molecule has 1 saturated heterocycles. The third-order valence-corrected chi connectivity index (χ3v) is 4.38. The number of hydrogen-bond acceptors (Lipinski definition) is 3. The number of nitrogens with zero attached hydrogens (tertiary/aromatic N) is 2. The van der Waals surface area contributed by atoms with Crippen LogP contribution in [0.2, 0.25) is 0 Å². The summed E-state index contributed by atoms with van der Waals surface area (Å²) in [6.07, 6.45) is 0. The molecule has 1 heterocycles. The summed E-state index contributed by atoms with van der Waals surface area (Å²) >= 11 is 0. The van der Waals surface area contributed by atoms with Crippen LogP contribution in [-0.4, -0.2) is 48.4 Å². The molecule has 0 saturated carbocycles. The molecule has 0 aromatic heterocycles. The van der Waals surface area contributed by atoms with E-state index in [9.17, 15) is 4.79 Å². The van der Waals surface area contributed by atoms with E-state index in [-0.39, 0.29) is 17.9 Å². The summed E-state index contributed by atoms with van der Waals surface area (Å²) in [4.78, 5) is 16.8. The van der Waals surface area contributed by atoms with Crippen LogP contribution in [0.1, 0.15) is 25.5 Å². The van der Waals surface area contributed by atoms with Crippen molar-refractivity contribution < 1.29 is 4.79 Å². The highest BCUT2D eigenvalue weighted by atomic mass is 16.2. The van der Waals surface area contributed by atoms with Crippen molar-refractivity contribution in [1.82, 2.24) is 9.80 Å². The monoisotopic (exact) mass is 275 g/mol. The number of piperazine rings is 1. The molecule has 1 fully saturated rings. The van der Waals surface area contributed by atoms with Crippen LogP contribution in [0.5, 0.6) is 0 Å². The molecule has 4 nitrogen and oxygen atoms in total. The normalized spacial score (nSPS) is 23.4. The molecule has 2 N–H and O–H groups in total. The van der Waals surface area contributed by atoms with Crippen molar-refractivity contribution >= 4 is 5.91 Å². The van der Waals surface area contributed by atoms with Crippen LogP contribution in [0.25, 0.3) is 0 Å². The van der Waals surface area contributed by atoms with Crippen molar-refractivity contribution in [2.75, 3.05) is 26.7 Å². The Balaban J connectivity index is 2.02. The van der Waals surface area contributed by atoms with Gasteiger partial charge in [0, 0.05) is 31.7 Å². The maximum absolute atomic E-state index is 12.6. The number of likely N-dealkylation sites (N-methyl/N-ethyl adjacent to an activating group) is 1. The fourth-order valence-corrected chi connectivity index (χ4v) is 2.65. The van der Waals surface area contributed by atoms with Gasteiger partial charge >= 0.3 is 0 Å². The van der Waals surface area contributed by atoms with Gasteiger partial charge in [-0.25, -0.2) is 0 Å². The predicted molar refractivity (Wildman–Crippen MR) is 81.2 cm³/mol. The summed E-state index contributed by atoms with van der Waals surface area (Å²) in [5, 5.41) is 0. The fraction of sp³-hybridized carbons (Fsp3) is 0.562. The van der Waals surface area contributed by atoms with Crippen LogP contribution < -0.4 is 5.73 Å². The molecule has 1 aromatic rings. The first-order valence-corrected chi connectivity index (χ1v) is 7.30. The molecule has 0 radical (unpaired) electrons. The van der Waals surface area contributed by atoms with E-state index in [1.54, 1.807) is 0 Å². The lowest BCUT2D eigenvalue weighted by molar-refractivity contribution is -0.138. The van der Waals surface area contributed by atoms with Crippen LogP contribution >= 0.6 is 0 Å². The Hall–Kier alpha value is -1.39. The van der Waals surface area contributed by atoms with E-state index in [4.69, 9.17) is 5.73 Å². The predicted octanol–water partition coefficient (Wildman–Crippen LogP) is 1.49. The topological polar surface area (TPSA) is 49.6 Å². The number of carbonyl (C=O) groups is 1. The van der Waals surface area contributed by atoms with Gasteiger partial charge < -0.3 is 15.5 Å². The first-order chi connectivity index (χ1) is 9.50. The zero-order valence-electron chi connectivity index (χ0n) is 12.6. The summed E-state index contributed by atoms with van der Waals surface area (Å²) in [5.41, 5.74) is 7.27. The average molecular weight is 275 g/mol. The van der Waals surface area contributed by atoms with E-state index >= 15 is 0 Å². The number of hydrogen-bond donors (Lipinski definition) is 1. The molecule has 3 atom stereocenters. The van der Waals surface area contributed by atoms with Gasteiger partial charge in [-0.15, -0.1) is 0 Å². The van der Waals surface area contributed by atoms with Gasteiger partial charge in [0.1, 0.15) is 0 Å². The SMILES string of the molecule is CC(C(=O)N1CCN(C)C(C)C1)C(N)c1ccccc1. The van der Waals surface area contributed by atoms with E-state index < -0.39 is 0 Å². The van der Waals surface area contributed by atoms with Crippen molar-refractivity contribution in [1.29, 1.82) is 0 Å². The first kappa shape index (κ1) is 15.0. The molecule has 4 heteroatoms. The zero-order chi connectivity index (χ0) is 14.7. The Labute approximate surface area is 121 Å². The lowest BCUT2D eigenvalue weighted by Crippen LogP contribution is -2.53. The third kappa shape index (κ3) is 3.19. The number of amides is 1. The highest BCUT2D eigenvalue weighted by molar-refractivity contribution is 5.79. The fourth-order valence-electron chi connectivity index (χ4n) is 2.65. The quantitative estimate of drug-likeness (QED) is 0.909. The molecule has 0 spiro atoms. The number of carbonyl (C=O) groups excluding carboxylic acids is 1. The molecule has 3 unspecified atom stereocenters. The third-order valence-electron chi connectivity index (χ3n) is 4.38. The van der Waals surface area contributed by atoms with Crippen LogP contribution in [0, 0.1) is 5.92 Å². The van der Waals surface area contributed by atoms with Crippen molar-refractivity contribution in [2.45, 2.75) is 25.9 Å². The maximum Gasteiger partial charge on any atom is 0.227 e. The van der Waals surface area contributed by atoms with Crippen LogP contribution in [-0.2, 0) is 4.79 Å². The molecular weight excluding hydrogens is 250 g/mol. The molecule has 2 rings (SSSR count). The maximum atomic E-state index is 12.6. The number of nitrogens with two attached hydrogens (primary N) is 1. The van der Waals surface area contributed by atoms with Crippen molar-refractivity contribution in [3.8, 4) is 0 Å². The molecule has 1 amide bonds. The molecule has 1 aliphatic rings. The van der Waals surface area contributed by atoms with E-state index in [1.165, 1.54) is 0 Å². The van der Waals surface area contributed by atoms with Gasteiger partial charge in [-0.1, -0.05) is 37.3 Å². The zero-order valence-corrected chi connectivity index (χ0v) is 12.6. The average Bonchev–Trinajstić information content (AvgIpc) is 2.48. The molecule has 1 aromatic carbocycles. The standard InChI is InChI=1S/C16H25N3O/c1-12-11-19(10-9-18(12)3)16(20)13(2)15(17)14-7-5-4-6-8-14/h4-8,12-13,15H,9-11,17H2,1-3H3. The minimum absolute atomic E-state index is 0.168. The largest absolute Gasteiger partial charge is 0.340 e. The number of benzene rings is 1. The Morgan fingerprint density at radius 3 is 2.55 bits per heavy atom. The summed E-state index contributed by atoms with van der Waals surface area (Å²) in [6.45, 7) is 6.61. The van der Waals surface area contributed by atoms with E-state index in [0.717, 1.165) is 25.2 Å². The lowest BCUT2D eigenvalue weighted by Gasteiger charge is -2.39. The second-order valence-corrected chi connectivity index (χ2v) is 5.84. The van der Waals surface area contributed by atoms with E-state index in [1.807, 2.05) is 42.2 Å². The Bertz CT molecular complexity index is 448. The summed E-state index contributed by atoms with van der Waals surface area (Å²) in [5.74, 6) is -0.0192. The Morgan fingerprint density at radius 2 is 1.95 bits per heavy atom. The van der Waals surface area contributed by atoms with Gasteiger partial charge in [-0.05, 0) is 19.5 Å². The molecule has 110 valence electrons. The van der Waals surface area contributed by atoms with Crippen LogP contribution in [0.3, 0.4) is 0 Å². The van der Waals surface area contributed by atoms with Gasteiger partial charge in [0.15, 0.2) is 0 Å². The van der Waals surface area contributed by atoms with Gasteiger partial charge in [0.2, 0.25) is 5.91 Å². The van der Waals surface area contributed by atoms with Gasteiger partial charge in [0.25, 0.3) is 0 Å². The van der Waals surface area contributed by atoms with Crippen molar-refractivity contribution in [3.63, 3.8) is 0 Å².